The number of likely N-dealkylation sites (tertiary alicyclic amines) is 1. The third kappa shape index (κ3) is 2.83. The number of aromatic nitrogens is 1. The van der Waals surface area contributed by atoms with Gasteiger partial charge in [-0.25, -0.2) is 4.98 Å². The van der Waals surface area contributed by atoms with E-state index in [9.17, 15) is 14.4 Å². The first-order chi connectivity index (χ1) is 10.5. The average molecular weight is 301 g/mol. The number of hydrogen-bond acceptors (Lipinski definition) is 5. The molecule has 1 aliphatic rings. The van der Waals surface area contributed by atoms with Crippen molar-refractivity contribution in [1.29, 1.82) is 0 Å². The van der Waals surface area contributed by atoms with Crippen molar-refractivity contribution < 1.29 is 18.8 Å². The zero-order valence-corrected chi connectivity index (χ0v) is 12.1. The second-order valence-corrected chi connectivity index (χ2v) is 5.15. The summed E-state index contributed by atoms with van der Waals surface area (Å²) >= 11 is 0. The standard InChI is InChI=1S/C15H15N3O4/c1-9-16-11-3-2-10(8-12(11)22-9)17-13(19)6-7-18-14(20)4-5-15(18)21/h2-3,8H,4-7H2,1H3,(H,17,19). The molecule has 114 valence electrons. The minimum absolute atomic E-state index is 0.0744. The molecule has 1 fully saturated rings. The number of carbonyl (C=O) groups is 3. The molecule has 1 aliphatic heterocycles. The number of amides is 3. The summed E-state index contributed by atoms with van der Waals surface area (Å²) in [7, 11) is 0. The van der Waals surface area contributed by atoms with Crippen molar-refractivity contribution in [3.05, 3.63) is 24.1 Å². The van der Waals surface area contributed by atoms with Crippen LogP contribution in [0.25, 0.3) is 11.1 Å². The lowest BCUT2D eigenvalue weighted by atomic mass is 10.2. The van der Waals surface area contributed by atoms with Gasteiger partial charge in [0.25, 0.3) is 0 Å². The number of carbonyl (C=O) groups excluding carboxylic acids is 3. The Labute approximate surface area is 126 Å². The van der Waals surface area contributed by atoms with Gasteiger partial charge in [-0.15, -0.1) is 0 Å². The maximum Gasteiger partial charge on any atom is 0.229 e. The fourth-order valence-corrected chi connectivity index (χ4v) is 2.43. The van der Waals surface area contributed by atoms with Crippen LogP contribution in [0, 0.1) is 6.92 Å². The molecule has 7 heteroatoms. The molecule has 0 spiro atoms. The van der Waals surface area contributed by atoms with Gasteiger partial charge in [0.2, 0.25) is 17.7 Å². The van der Waals surface area contributed by atoms with E-state index in [-0.39, 0.29) is 43.5 Å². The lowest BCUT2D eigenvalue weighted by molar-refractivity contribution is -0.138. The molecule has 1 saturated heterocycles. The number of hydrogen-bond donors (Lipinski definition) is 1. The number of fused-ring (bicyclic) bond motifs is 1. The zero-order valence-electron chi connectivity index (χ0n) is 12.1. The Hall–Kier alpha value is -2.70. The Balaban J connectivity index is 1.60. The van der Waals surface area contributed by atoms with Crippen molar-refractivity contribution in [1.82, 2.24) is 9.88 Å². The Morgan fingerprint density at radius 1 is 1.32 bits per heavy atom. The van der Waals surface area contributed by atoms with E-state index in [2.05, 4.69) is 10.3 Å². The highest BCUT2D eigenvalue weighted by atomic mass is 16.3. The minimum Gasteiger partial charge on any atom is -0.441 e. The fourth-order valence-electron chi connectivity index (χ4n) is 2.43. The summed E-state index contributed by atoms with van der Waals surface area (Å²) in [5, 5.41) is 2.72. The highest BCUT2D eigenvalue weighted by Gasteiger charge is 2.28. The van der Waals surface area contributed by atoms with E-state index in [0.29, 0.717) is 17.2 Å². The van der Waals surface area contributed by atoms with E-state index < -0.39 is 0 Å². The third-order valence-corrected chi connectivity index (χ3v) is 3.50. The first-order valence-electron chi connectivity index (χ1n) is 7.03. The van der Waals surface area contributed by atoms with Gasteiger partial charge in [-0.3, -0.25) is 19.3 Å². The van der Waals surface area contributed by atoms with Crippen molar-refractivity contribution in [2.45, 2.75) is 26.2 Å². The van der Waals surface area contributed by atoms with Crippen molar-refractivity contribution in [2.24, 2.45) is 0 Å². The van der Waals surface area contributed by atoms with E-state index in [4.69, 9.17) is 4.42 Å². The van der Waals surface area contributed by atoms with E-state index >= 15 is 0 Å². The van der Waals surface area contributed by atoms with E-state index in [0.717, 1.165) is 10.4 Å². The highest BCUT2D eigenvalue weighted by Crippen LogP contribution is 2.20. The molecule has 7 nitrogen and oxygen atoms in total. The van der Waals surface area contributed by atoms with Crippen molar-refractivity contribution >= 4 is 34.5 Å². The monoisotopic (exact) mass is 301 g/mol. The summed E-state index contributed by atoms with van der Waals surface area (Å²) in [5.74, 6) is -0.125. The molecular weight excluding hydrogens is 286 g/mol. The molecule has 0 saturated carbocycles. The second-order valence-electron chi connectivity index (χ2n) is 5.15. The molecule has 2 aromatic rings. The van der Waals surface area contributed by atoms with Crippen LogP contribution >= 0.6 is 0 Å². The molecule has 0 bridgehead atoms. The molecule has 0 radical (unpaired) electrons. The van der Waals surface area contributed by atoms with Crippen LogP contribution in [-0.4, -0.2) is 34.2 Å². The molecule has 0 unspecified atom stereocenters. The Bertz CT molecular complexity index is 749. The van der Waals surface area contributed by atoms with Crippen molar-refractivity contribution in [2.75, 3.05) is 11.9 Å². The van der Waals surface area contributed by atoms with Crippen LogP contribution < -0.4 is 5.32 Å². The van der Waals surface area contributed by atoms with Gasteiger partial charge in [0.1, 0.15) is 5.52 Å². The number of nitrogens with one attached hydrogen (secondary N) is 1. The first-order valence-corrected chi connectivity index (χ1v) is 7.03. The quantitative estimate of drug-likeness (QED) is 0.866. The van der Waals surface area contributed by atoms with E-state index in [1.54, 1.807) is 25.1 Å². The topological polar surface area (TPSA) is 92.5 Å². The van der Waals surface area contributed by atoms with Crippen molar-refractivity contribution in [3.63, 3.8) is 0 Å². The van der Waals surface area contributed by atoms with Crippen LogP contribution in [0.15, 0.2) is 22.6 Å². The van der Waals surface area contributed by atoms with Gasteiger partial charge in [0.15, 0.2) is 11.5 Å². The number of anilines is 1. The van der Waals surface area contributed by atoms with Gasteiger partial charge in [-0.1, -0.05) is 0 Å². The van der Waals surface area contributed by atoms with Gasteiger partial charge in [-0.05, 0) is 12.1 Å². The molecule has 1 N–H and O–H groups in total. The zero-order chi connectivity index (χ0) is 15.7. The Kier molecular flexibility index (Phi) is 3.62. The molecule has 0 aliphatic carbocycles. The predicted molar refractivity (Wildman–Crippen MR) is 77.9 cm³/mol. The maximum absolute atomic E-state index is 11.9. The highest BCUT2D eigenvalue weighted by molar-refractivity contribution is 6.02. The number of oxazole rings is 1. The summed E-state index contributed by atoms with van der Waals surface area (Å²) in [6, 6.07) is 5.18. The first kappa shape index (κ1) is 14.2. The van der Waals surface area contributed by atoms with E-state index in [1.165, 1.54) is 0 Å². The van der Waals surface area contributed by atoms with Crippen LogP contribution in [0.5, 0.6) is 0 Å². The summed E-state index contributed by atoms with van der Waals surface area (Å²) < 4.78 is 5.40. The maximum atomic E-state index is 11.9. The molecular formula is C15H15N3O4. The van der Waals surface area contributed by atoms with Gasteiger partial charge >= 0.3 is 0 Å². The Morgan fingerprint density at radius 3 is 2.77 bits per heavy atom. The second kappa shape index (κ2) is 5.59. The number of nitrogens with zero attached hydrogens (tertiary/aromatic N) is 2. The smallest absolute Gasteiger partial charge is 0.229 e. The SMILES string of the molecule is Cc1nc2ccc(NC(=O)CCN3C(=O)CCC3=O)cc2o1. The number of rotatable bonds is 4. The molecule has 2 heterocycles. The number of benzene rings is 1. The summed E-state index contributed by atoms with van der Waals surface area (Å²) in [4.78, 5) is 40.2. The van der Waals surface area contributed by atoms with Gasteiger partial charge in [-0.2, -0.15) is 0 Å². The van der Waals surface area contributed by atoms with Crippen LogP contribution in [0.3, 0.4) is 0 Å². The summed E-state index contributed by atoms with van der Waals surface area (Å²) in [6.07, 6.45) is 0.550. The fraction of sp³-hybridized carbons (Fsp3) is 0.333. The van der Waals surface area contributed by atoms with Gasteiger partial charge in [0, 0.05) is 44.5 Å². The summed E-state index contributed by atoms with van der Waals surface area (Å²) in [5.41, 5.74) is 1.91. The van der Waals surface area contributed by atoms with E-state index in [1.807, 2.05) is 0 Å². The predicted octanol–water partition coefficient (Wildman–Crippen LogP) is 1.61. The number of imide groups is 1. The molecule has 1 aromatic heterocycles. The lowest BCUT2D eigenvalue weighted by Gasteiger charge is -2.13. The van der Waals surface area contributed by atoms with Gasteiger partial charge in [0.05, 0.1) is 0 Å². The normalized spacial score (nSPS) is 14.9. The molecule has 1 aromatic carbocycles. The van der Waals surface area contributed by atoms with Crippen molar-refractivity contribution in [3.8, 4) is 0 Å². The van der Waals surface area contributed by atoms with Crippen LogP contribution in [0.2, 0.25) is 0 Å². The van der Waals surface area contributed by atoms with Crippen LogP contribution in [-0.2, 0) is 14.4 Å². The van der Waals surface area contributed by atoms with Crippen LogP contribution in [0.1, 0.15) is 25.2 Å². The minimum atomic E-state index is -0.261. The Morgan fingerprint density at radius 2 is 2.05 bits per heavy atom. The third-order valence-electron chi connectivity index (χ3n) is 3.50. The van der Waals surface area contributed by atoms with Gasteiger partial charge < -0.3 is 9.73 Å². The largest absolute Gasteiger partial charge is 0.441 e. The summed E-state index contributed by atoms with van der Waals surface area (Å²) in [6.45, 7) is 1.87. The molecule has 3 rings (SSSR count). The average Bonchev–Trinajstić information content (AvgIpc) is 2.98. The number of aryl methyl sites for hydroxylation is 1. The lowest BCUT2D eigenvalue weighted by Crippen LogP contribution is -2.32. The van der Waals surface area contributed by atoms with Crippen LogP contribution in [0.4, 0.5) is 5.69 Å². The molecule has 3 amide bonds. The molecule has 22 heavy (non-hydrogen) atoms. The molecule has 0 atom stereocenters.